The maximum Gasteiger partial charge on any atom is 0.276 e. The molecule has 0 bridgehead atoms. The summed E-state index contributed by atoms with van der Waals surface area (Å²) in [5.41, 5.74) is 2.32. The standard InChI is InChI=1S/C21H23N3O2/c1-16(2)24-13-11-20(23-24)21(25)22-18-9-6-10-19(15-18)26-14-12-17-7-4-3-5-8-17/h3-11,13,15-16H,12,14H2,1-2H3,(H,22,25). The second-order valence-electron chi connectivity index (χ2n) is 6.34. The van der Waals surface area contributed by atoms with Crippen molar-refractivity contribution in [1.29, 1.82) is 0 Å². The predicted molar refractivity (Wildman–Crippen MR) is 103 cm³/mol. The minimum atomic E-state index is -0.231. The van der Waals surface area contributed by atoms with Gasteiger partial charge in [-0.25, -0.2) is 0 Å². The fourth-order valence-electron chi connectivity index (χ4n) is 2.54. The maximum atomic E-state index is 12.3. The molecule has 3 aromatic rings. The number of benzene rings is 2. The van der Waals surface area contributed by atoms with Gasteiger partial charge in [0.2, 0.25) is 0 Å². The van der Waals surface area contributed by atoms with Gasteiger partial charge in [-0.1, -0.05) is 36.4 Å². The molecule has 1 heterocycles. The van der Waals surface area contributed by atoms with Gasteiger partial charge in [0.1, 0.15) is 5.75 Å². The third-order valence-electron chi connectivity index (χ3n) is 3.96. The zero-order valence-electron chi connectivity index (χ0n) is 15.1. The van der Waals surface area contributed by atoms with Crippen LogP contribution in [0, 0.1) is 0 Å². The molecule has 0 aliphatic carbocycles. The highest BCUT2D eigenvalue weighted by molar-refractivity contribution is 6.02. The second kappa shape index (κ2) is 8.34. The molecule has 0 saturated carbocycles. The Bertz CT molecular complexity index is 856. The Balaban J connectivity index is 1.57. The molecule has 3 rings (SSSR count). The Hall–Kier alpha value is -3.08. The highest BCUT2D eigenvalue weighted by atomic mass is 16.5. The number of nitrogens with zero attached hydrogens (tertiary/aromatic N) is 2. The minimum absolute atomic E-state index is 0.220. The van der Waals surface area contributed by atoms with Gasteiger partial charge in [0.25, 0.3) is 5.91 Å². The molecule has 0 radical (unpaired) electrons. The minimum Gasteiger partial charge on any atom is -0.493 e. The van der Waals surface area contributed by atoms with Crippen LogP contribution in [0.5, 0.6) is 5.75 Å². The van der Waals surface area contributed by atoms with Gasteiger partial charge in [0.15, 0.2) is 5.69 Å². The van der Waals surface area contributed by atoms with Crippen molar-refractivity contribution in [1.82, 2.24) is 9.78 Å². The lowest BCUT2D eigenvalue weighted by atomic mass is 10.2. The van der Waals surface area contributed by atoms with Gasteiger partial charge in [-0.15, -0.1) is 0 Å². The first-order chi connectivity index (χ1) is 12.6. The number of hydrogen-bond acceptors (Lipinski definition) is 3. The molecule has 0 unspecified atom stereocenters. The molecule has 2 aromatic carbocycles. The normalized spacial score (nSPS) is 10.7. The van der Waals surface area contributed by atoms with E-state index in [9.17, 15) is 4.79 Å². The van der Waals surface area contributed by atoms with Crippen LogP contribution >= 0.6 is 0 Å². The van der Waals surface area contributed by atoms with E-state index >= 15 is 0 Å². The molecule has 0 fully saturated rings. The molecule has 134 valence electrons. The Morgan fingerprint density at radius 1 is 1.12 bits per heavy atom. The molecule has 0 aliphatic rings. The average molecular weight is 349 g/mol. The van der Waals surface area contributed by atoms with Crippen LogP contribution in [0.3, 0.4) is 0 Å². The van der Waals surface area contributed by atoms with Crippen LogP contribution in [0.4, 0.5) is 5.69 Å². The van der Waals surface area contributed by atoms with Crippen molar-refractivity contribution < 1.29 is 9.53 Å². The fraction of sp³-hybridized carbons (Fsp3) is 0.238. The van der Waals surface area contributed by atoms with E-state index in [0.29, 0.717) is 18.0 Å². The average Bonchev–Trinajstić information content (AvgIpc) is 3.14. The lowest BCUT2D eigenvalue weighted by molar-refractivity contribution is 0.102. The summed E-state index contributed by atoms with van der Waals surface area (Å²) in [6, 6.07) is 19.5. The van der Waals surface area contributed by atoms with E-state index in [1.54, 1.807) is 10.7 Å². The SMILES string of the molecule is CC(C)n1ccc(C(=O)Nc2cccc(OCCc3ccccc3)c2)n1. The van der Waals surface area contributed by atoms with E-state index in [4.69, 9.17) is 4.74 Å². The number of amides is 1. The number of hydrogen-bond donors (Lipinski definition) is 1. The number of nitrogens with one attached hydrogen (secondary N) is 1. The number of carbonyl (C=O) groups is 1. The molecular weight excluding hydrogens is 326 g/mol. The van der Waals surface area contributed by atoms with Gasteiger partial charge in [-0.05, 0) is 37.6 Å². The molecule has 5 heteroatoms. The molecular formula is C21H23N3O2. The van der Waals surface area contributed by atoms with Crippen LogP contribution in [-0.4, -0.2) is 22.3 Å². The molecule has 26 heavy (non-hydrogen) atoms. The summed E-state index contributed by atoms with van der Waals surface area (Å²) in [5, 5.41) is 7.15. The lowest BCUT2D eigenvalue weighted by Crippen LogP contribution is -2.14. The highest BCUT2D eigenvalue weighted by Gasteiger charge is 2.11. The predicted octanol–water partition coefficient (Wildman–Crippen LogP) is 4.34. The van der Waals surface area contributed by atoms with E-state index in [2.05, 4.69) is 22.5 Å². The molecule has 0 atom stereocenters. The van der Waals surface area contributed by atoms with Gasteiger partial charge in [0, 0.05) is 30.4 Å². The van der Waals surface area contributed by atoms with Gasteiger partial charge in [-0.3, -0.25) is 9.48 Å². The quantitative estimate of drug-likeness (QED) is 0.690. The van der Waals surface area contributed by atoms with Crippen molar-refractivity contribution in [2.24, 2.45) is 0 Å². The Labute approximate surface area is 153 Å². The molecule has 1 aromatic heterocycles. The van der Waals surface area contributed by atoms with Gasteiger partial charge < -0.3 is 10.1 Å². The molecule has 0 saturated heterocycles. The van der Waals surface area contributed by atoms with Crippen molar-refractivity contribution in [3.8, 4) is 5.75 Å². The summed E-state index contributed by atoms with van der Waals surface area (Å²) in [6.45, 7) is 4.62. The first-order valence-electron chi connectivity index (χ1n) is 8.75. The van der Waals surface area contributed by atoms with Gasteiger partial charge in [-0.2, -0.15) is 5.10 Å². The van der Waals surface area contributed by atoms with Crippen molar-refractivity contribution in [2.75, 3.05) is 11.9 Å². The van der Waals surface area contributed by atoms with E-state index in [1.807, 2.05) is 62.5 Å². The van der Waals surface area contributed by atoms with Crippen molar-refractivity contribution >= 4 is 11.6 Å². The van der Waals surface area contributed by atoms with Crippen LogP contribution in [0.25, 0.3) is 0 Å². The first-order valence-corrected chi connectivity index (χ1v) is 8.75. The largest absolute Gasteiger partial charge is 0.493 e. The number of aromatic nitrogens is 2. The van der Waals surface area contributed by atoms with Crippen LogP contribution in [-0.2, 0) is 6.42 Å². The van der Waals surface area contributed by atoms with E-state index < -0.39 is 0 Å². The van der Waals surface area contributed by atoms with Crippen molar-refractivity contribution in [2.45, 2.75) is 26.3 Å². The zero-order chi connectivity index (χ0) is 18.4. The number of ether oxygens (including phenoxy) is 1. The van der Waals surface area contributed by atoms with Crippen LogP contribution in [0.15, 0.2) is 66.9 Å². The number of carbonyl (C=O) groups excluding carboxylic acids is 1. The van der Waals surface area contributed by atoms with E-state index in [1.165, 1.54) is 5.56 Å². The Morgan fingerprint density at radius 2 is 1.92 bits per heavy atom. The summed E-state index contributed by atoms with van der Waals surface area (Å²) < 4.78 is 7.56. The molecule has 1 N–H and O–H groups in total. The topological polar surface area (TPSA) is 56.2 Å². The monoisotopic (exact) mass is 349 g/mol. The molecule has 5 nitrogen and oxygen atoms in total. The Kier molecular flexibility index (Phi) is 5.69. The van der Waals surface area contributed by atoms with Gasteiger partial charge >= 0.3 is 0 Å². The number of rotatable bonds is 7. The lowest BCUT2D eigenvalue weighted by Gasteiger charge is -2.09. The summed E-state index contributed by atoms with van der Waals surface area (Å²) in [4.78, 5) is 12.3. The second-order valence-corrected chi connectivity index (χ2v) is 6.34. The fourth-order valence-corrected chi connectivity index (χ4v) is 2.54. The van der Waals surface area contributed by atoms with E-state index in [0.717, 1.165) is 12.2 Å². The zero-order valence-corrected chi connectivity index (χ0v) is 15.1. The molecule has 1 amide bonds. The van der Waals surface area contributed by atoms with Gasteiger partial charge in [0.05, 0.1) is 6.61 Å². The maximum absolute atomic E-state index is 12.3. The summed E-state index contributed by atoms with van der Waals surface area (Å²) in [6.07, 6.45) is 2.65. The Morgan fingerprint density at radius 3 is 2.65 bits per heavy atom. The van der Waals surface area contributed by atoms with Crippen molar-refractivity contribution in [3.05, 3.63) is 78.1 Å². The molecule has 0 spiro atoms. The van der Waals surface area contributed by atoms with Crippen LogP contribution in [0.1, 0.15) is 35.9 Å². The number of anilines is 1. The summed E-state index contributed by atoms with van der Waals surface area (Å²) in [5.74, 6) is 0.497. The van der Waals surface area contributed by atoms with Crippen molar-refractivity contribution in [3.63, 3.8) is 0 Å². The van der Waals surface area contributed by atoms with Crippen LogP contribution in [0.2, 0.25) is 0 Å². The summed E-state index contributed by atoms with van der Waals surface area (Å²) >= 11 is 0. The molecule has 0 aliphatic heterocycles. The first kappa shape index (κ1) is 17.7. The highest BCUT2D eigenvalue weighted by Crippen LogP contribution is 2.18. The third-order valence-corrected chi connectivity index (χ3v) is 3.96. The summed E-state index contributed by atoms with van der Waals surface area (Å²) in [7, 11) is 0. The smallest absolute Gasteiger partial charge is 0.276 e. The third kappa shape index (κ3) is 4.72. The van der Waals surface area contributed by atoms with E-state index in [-0.39, 0.29) is 11.9 Å². The van der Waals surface area contributed by atoms with Crippen LogP contribution < -0.4 is 10.1 Å².